The van der Waals surface area contributed by atoms with Gasteiger partial charge in [0.1, 0.15) is 0 Å². The Morgan fingerprint density at radius 1 is 1.16 bits per heavy atom. The molecule has 0 amide bonds. The van der Waals surface area contributed by atoms with E-state index in [-0.39, 0.29) is 6.04 Å². The molecule has 0 bridgehead atoms. The van der Waals surface area contributed by atoms with E-state index in [0.29, 0.717) is 12.5 Å². The highest BCUT2D eigenvalue weighted by molar-refractivity contribution is 5.17. The van der Waals surface area contributed by atoms with Crippen LogP contribution >= 0.6 is 0 Å². The summed E-state index contributed by atoms with van der Waals surface area (Å²) in [5.41, 5.74) is 0.983. The van der Waals surface area contributed by atoms with E-state index in [0.717, 1.165) is 43.5 Å². The van der Waals surface area contributed by atoms with Crippen LogP contribution in [-0.2, 0) is 0 Å². The van der Waals surface area contributed by atoms with Gasteiger partial charge in [-0.2, -0.15) is 4.98 Å². The maximum Gasteiger partial charge on any atom is 0.243 e. The molecule has 2 heterocycles. The third-order valence-electron chi connectivity index (χ3n) is 5.33. The highest BCUT2D eigenvalue weighted by atomic mass is 16.5. The van der Waals surface area contributed by atoms with Gasteiger partial charge in [-0.15, -0.1) is 0 Å². The molecule has 2 aliphatic rings. The first-order valence-electron chi connectivity index (χ1n) is 9.23. The van der Waals surface area contributed by atoms with Crippen molar-refractivity contribution >= 4 is 0 Å². The molecule has 0 radical (unpaired) electrons. The van der Waals surface area contributed by atoms with Crippen molar-refractivity contribution in [3.63, 3.8) is 0 Å². The minimum Gasteiger partial charge on any atom is -0.387 e. The van der Waals surface area contributed by atoms with E-state index in [4.69, 9.17) is 4.52 Å². The zero-order valence-corrected chi connectivity index (χ0v) is 14.7. The van der Waals surface area contributed by atoms with Crippen LogP contribution in [0.5, 0.6) is 0 Å². The smallest absolute Gasteiger partial charge is 0.243 e. The summed E-state index contributed by atoms with van der Waals surface area (Å²) in [6, 6.07) is 10.0. The van der Waals surface area contributed by atoms with Gasteiger partial charge in [0.05, 0.1) is 12.1 Å². The van der Waals surface area contributed by atoms with E-state index in [9.17, 15) is 5.11 Å². The van der Waals surface area contributed by atoms with Gasteiger partial charge in [-0.3, -0.25) is 9.80 Å². The summed E-state index contributed by atoms with van der Waals surface area (Å²) in [5.74, 6) is 2.15. The molecule has 0 spiro atoms. The molecule has 6 nitrogen and oxygen atoms in total. The van der Waals surface area contributed by atoms with Crippen LogP contribution in [0.3, 0.4) is 0 Å². The normalized spacial score (nSPS) is 22.0. The molecular formula is C19H26N4O2. The van der Waals surface area contributed by atoms with Crippen molar-refractivity contribution in [1.29, 1.82) is 0 Å². The zero-order chi connectivity index (χ0) is 17.2. The van der Waals surface area contributed by atoms with E-state index < -0.39 is 6.10 Å². The highest BCUT2D eigenvalue weighted by Gasteiger charge is 2.31. The van der Waals surface area contributed by atoms with Gasteiger partial charge in [0.2, 0.25) is 5.89 Å². The second-order valence-electron chi connectivity index (χ2n) is 7.20. The Kier molecular flexibility index (Phi) is 4.83. The van der Waals surface area contributed by atoms with Gasteiger partial charge in [-0.05, 0) is 25.3 Å². The van der Waals surface area contributed by atoms with Crippen LogP contribution in [-0.4, -0.2) is 57.8 Å². The maximum atomic E-state index is 10.4. The maximum absolute atomic E-state index is 10.4. The quantitative estimate of drug-likeness (QED) is 0.869. The van der Waals surface area contributed by atoms with Gasteiger partial charge < -0.3 is 9.63 Å². The average Bonchev–Trinajstić information content (AvgIpc) is 3.39. The molecule has 2 fully saturated rings. The number of aliphatic hydroxyl groups is 1. The molecule has 25 heavy (non-hydrogen) atoms. The largest absolute Gasteiger partial charge is 0.387 e. The highest BCUT2D eigenvalue weighted by Crippen LogP contribution is 2.38. The molecule has 1 aromatic carbocycles. The number of aromatic nitrogens is 2. The van der Waals surface area contributed by atoms with Crippen molar-refractivity contribution in [2.75, 3.05) is 32.7 Å². The Labute approximate surface area is 148 Å². The van der Waals surface area contributed by atoms with Crippen LogP contribution < -0.4 is 0 Å². The summed E-state index contributed by atoms with van der Waals surface area (Å²) < 4.78 is 5.47. The zero-order valence-electron chi connectivity index (χ0n) is 14.7. The third kappa shape index (κ3) is 3.92. The molecule has 1 saturated heterocycles. The number of piperazine rings is 1. The van der Waals surface area contributed by atoms with E-state index in [2.05, 4.69) is 26.9 Å². The first-order valence-corrected chi connectivity index (χ1v) is 9.23. The monoisotopic (exact) mass is 342 g/mol. The Balaban J connectivity index is 1.28. The first kappa shape index (κ1) is 16.7. The standard InChI is InChI=1S/C19H26N4O2/c1-14(19-20-18(21-25-19)16-7-8-16)23-11-9-22(10-12-23)13-17(24)15-5-3-2-4-6-15/h2-6,14,16-17,24H,7-13H2,1H3. The van der Waals surface area contributed by atoms with Crippen molar-refractivity contribution in [1.82, 2.24) is 19.9 Å². The summed E-state index contributed by atoms with van der Waals surface area (Å²) in [7, 11) is 0. The summed E-state index contributed by atoms with van der Waals surface area (Å²) >= 11 is 0. The van der Waals surface area contributed by atoms with Gasteiger partial charge in [0.15, 0.2) is 5.82 Å². The molecule has 1 aliphatic carbocycles. The van der Waals surface area contributed by atoms with Crippen LogP contribution in [0.1, 0.15) is 55.1 Å². The number of hydrogen-bond acceptors (Lipinski definition) is 6. The second-order valence-corrected chi connectivity index (χ2v) is 7.20. The predicted octanol–water partition coefficient (Wildman–Crippen LogP) is 2.36. The Hall–Kier alpha value is -1.76. The molecule has 2 unspecified atom stereocenters. The van der Waals surface area contributed by atoms with Crippen molar-refractivity contribution < 1.29 is 9.63 Å². The Morgan fingerprint density at radius 2 is 1.88 bits per heavy atom. The molecule has 134 valence electrons. The second kappa shape index (κ2) is 7.23. The molecule has 1 saturated carbocycles. The van der Waals surface area contributed by atoms with Gasteiger partial charge in [0, 0.05) is 38.6 Å². The average molecular weight is 342 g/mol. The van der Waals surface area contributed by atoms with Gasteiger partial charge >= 0.3 is 0 Å². The summed E-state index contributed by atoms with van der Waals surface area (Å²) in [6.45, 7) is 6.60. The summed E-state index contributed by atoms with van der Waals surface area (Å²) in [5, 5.41) is 14.5. The fourth-order valence-corrected chi connectivity index (χ4v) is 3.44. The lowest BCUT2D eigenvalue weighted by atomic mass is 10.1. The van der Waals surface area contributed by atoms with Crippen LogP contribution in [0.25, 0.3) is 0 Å². The number of β-amino-alcohol motifs (C(OH)–C–C–N with tert-alkyl or cyclic N) is 1. The van der Waals surface area contributed by atoms with E-state index >= 15 is 0 Å². The van der Waals surface area contributed by atoms with Crippen molar-refractivity contribution in [2.24, 2.45) is 0 Å². The minimum atomic E-state index is -0.429. The lowest BCUT2D eigenvalue weighted by Gasteiger charge is -2.37. The molecule has 6 heteroatoms. The van der Waals surface area contributed by atoms with E-state index in [1.54, 1.807) is 0 Å². The van der Waals surface area contributed by atoms with Crippen molar-refractivity contribution in [2.45, 2.75) is 37.8 Å². The topological polar surface area (TPSA) is 65.6 Å². The minimum absolute atomic E-state index is 0.154. The SMILES string of the molecule is CC(c1nc(C2CC2)no1)N1CCN(CC(O)c2ccccc2)CC1. The fraction of sp³-hybridized carbons (Fsp3) is 0.579. The Bertz CT molecular complexity index is 678. The number of hydrogen-bond donors (Lipinski definition) is 1. The molecule has 1 aromatic heterocycles. The Morgan fingerprint density at radius 3 is 2.56 bits per heavy atom. The molecule has 1 N–H and O–H groups in total. The molecule has 4 rings (SSSR count). The van der Waals surface area contributed by atoms with Crippen LogP contribution in [0.15, 0.2) is 34.9 Å². The van der Waals surface area contributed by atoms with E-state index in [1.807, 2.05) is 30.3 Å². The predicted molar refractivity (Wildman–Crippen MR) is 94.1 cm³/mol. The van der Waals surface area contributed by atoms with Crippen LogP contribution in [0, 0.1) is 0 Å². The number of rotatable bonds is 6. The van der Waals surface area contributed by atoms with Crippen LogP contribution in [0.2, 0.25) is 0 Å². The molecule has 1 aliphatic heterocycles. The lowest BCUT2D eigenvalue weighted by Crippen LogP contribution is -2.48. The van der Waals surface area contributed by atoms with Gasteiger partial charge in [-0.1, -0.05) is 35.5 Å². The van der Waals surface area contributed by atoms with Gasteiger partial charge in [-0.25, -0.2) is 0 Å². The van der Waals surface area contributed by atoms with Gasteiger partial charge in [0.25, 0.3) is 0 Å². The number of nitrogens with zero attached hydrogens (tertiary/aromatic N) is 4. The van der Waals surface area contributed by atoms with Crippen molar-refractivity contribution in [3.8, 4) is 0 Å². The van der Waals surface area contributed by atoms with E-state index in [1.165, 1.54) is 12.8 Å². The van der Waals surface area contributed by atoms with Crippen molar-refractivity contribution in [3.05, 3.63) is 47.6 Å². The fourth-order valence-electron chi connectivity index (χ4n) is 3.44. The summed E-state index contributed by atoms with van der Waals surface area (Å²) in [6.07, 6.45) is 1.95. The summed E-state index contributed by atoms with van der Waals surface area (Å²) in [4.78, 5) is 9.29. The molecular weight excluding hydrogens is 316 g/mol. The third-order valence-corrected chi connectivity index (χ3v) is 5.33. The molecule has 2 aromatic rings. The first-order chi connectivity index (χ1) is 12.2. The number of benzene rings is 1. The number of aliphatic hydroxyl groups excluding tert-OH is 1. The van der Waals surface area contributed by atoms with Crippen LogP contribution in [0.4, 0.5) is 0 Å². The molecule has 2 atom stereocenters. The lowest BCUT2D eigenvalue weighted by molar-refractivity contribution is 0.0525.